The van der Waals surface area contributed by atoms with Crippen molar-refractivity contribution in [3.05, 3.63) is 51.8 Å². The molecule has 1 saturated heterocycles. The third-order valence-corrected chi connectivity index (χ3v) is 4.18. The van der Waals surface area contributed by atoms with E-state index in [1.807, 2.05) is 0 Å². The smallest absolute Gasteiger partial charge is 0.264 e. The maximum atomic E-state index is 11.1. The Labute approximate surface area is 124 Å². The number of H-pyrrole nitrogens is 1. The van der Waals surface area contributed by atoms with Crippen LogP contribution in [0.2, 0.25) is 0 Å². The molecule has 0 atom stereocenters. The highest BCUT2D eigenvalue weighted by atomic mass is 16.1. The molecular formula is C16H20N4O. The van der Waals surface area contributed by atoms with Gasteiger partial charge in [0.1, 0.15) is 5.82 Å². The molecule has 1 N–H and O–H groups in total. The first-order valence-electron chi connectivity index (χ1n) is 7.27. The van der Waals surface area contributed by atoms with Gasteiger partial charge < -0.3 is 9.80 Å². The SMILES string of the molecule is Cc1cccc(N2CCN(c3ccc(=O)[nH]n3)CC2)c1C. The van der Waals surface area contributed by atoms with Crippen molar-refractivity contribution in [2.24, 2.45) is 0 Å². The molecule has 5 heteroatoms. The van der Waals surface area contributed by atoms with Gasteiger partial charge in [-0.25, -0.2) is 5.10 Å². The van der Waals surface area contributed by atoms with Gasteiger partial charge in [-0.3, -0.25) is 4.79 Å². The quantitative estimate of drug-likeness (QED) is 0.912. The first kappa shape index (κ1) is 13.7. The van der Waals surface area contributed by atoms with Gasteiger partial charge in [0, 0.05) is 37.9 Å². The zero-order chi connectivity index (χ0) is 14.8. The van der Waals surface area contributed by atoms with E-state index in [0.29, 0.717) is 0 Å². The van der Waals surface area contributed by atoms with Crippen LogP contribution in [0.25, 0.3) is 0 Å². The van der Waals surface area contributed by atoms with Crippen LogP contribution in [-0.2, 0) is 0 Å². The molecule has 0 aliphatic carbocycles. The number of hydrogen-bond acceptors (Lipinski definition) is 4. The fourth-order valence-electron chi connectivity index (χ4n) is 2.77. The Morgan fingerprint density at radius 2 is 1.71 bits per heavy atom. The van der Waals surface area contributed by atoms with Gasteiger partial charge >= 0.3 is 0 Å². The molecule has 0 saturated carbocycles. The van der Waals surface area contributed by atoms with Crippen LogP contribution < -0.4 is 15.4 Å². The molecule has 1 aliphatic rings. The minimum absolute atomic E-state index is 0.159. The van der Waals surface area contributed by atoms with Gasteiger partial charge in [0.25, 0.3) is 5.56 Å². The van der Waals surface area contributed by atoms with Gasteiger partial charge in [0.15, 0.2) is 0 Å². The van der Waals surface area contributed by atoms with Crippen LogP contribution in [0.1, 0.15) is 11.1 Å². The minimum Gasteiger partial charge on any atom is -0.368 e. The first-order valence-corrected chi connectivity index (χ1v) is 7.27. The number of aromatic nitrogens is 2. The largest absolute Gasteiger partial charge is 0.368 e. The van der Waals surface area contributed by atoms with Crippen molar-refractivity contribution in [3.63, 3.8) is 0 Å². The number of benzene rings is 1. The fraction of sp³-hybridized carbons (Fsp3) is 0.375. The van der Waals surface area contributed by atoms with E-state index >= 15 is 0 Å². The Morgan fingerprint density at radius 1 is 1.00 bits per heavy atom. The topological polar surface area (TPSA) is 52.2 Å². The van der Waals surface area contributed by atoms with Crippen molar-refractivity contribution in [1.82, 2.24) is 10.2 Å². The zero-order valence-electron chi connectivity index (χ0n) is 12.5. The molecule has 1 aromatic heterocycles. The lowest BCUT2D eigenvalue weighted by molar-refractivity contribution is 0.641. The predicted octanol–water partition coefficient (Wildman–Crippen LogP) is 1.71. The highest BCUT2D eigenvalue weighted by Gasteiger charge is 2.19. The third kappa shape index (κ3) is 2.77. The molecular weight excluding hydrogens is 264 g/mol. The van der Waals surface area contributed by atoms with E-state index in [9.17, 15) is 4.79 Å². The van der Waals surface area contributed by atoms with Crippen LogP contribution in [0.3, 0.4) is 0 Å². The highest BCUT2D eigenvalue weighted by Crippen LogP contribution is 2.24. The lowest BCUT2D eigenvalue weighted by Crippen LogP contribution is -2.47. The van der Waals surface area contributed by atoms with Crippen LogP contribution in [0.5, 0.6) is 0 Å². The molecule has 1 aliphatic heterocycles. The average molecular weight is 284 g/mol. The molecule has 5 nitrogen and oxygen atoms in total. The molecule has 0 amide bonds. The molecule has 0 bridgehead atoms. The molecule has 21 heavy (non-hydrogen) atoms. The number of nitrogens with one attached hydrogen (secondary N) is 1. The standard InChI is InChI=1S/C16H20N4O/c1-12-4-3-5-14(13(12)2)19-8-10-20(11-9-19)15-6-7-16(21)18-17-15/h3-7H,8-11H2,1-2H3,(H,18,21). The lowest BCUT2D eigenvalue weighted by atomic mass is 10.1. The van der Waals surface area contributed by atoms with E-state index in [2.05, 4.69) is 52.0 Å². The summed E-state index contributed by atoms with van der Waals surface area (Å²) in [7, 11) is 0. The highest BCUT2D eigenvalue weighted by molar-refractivity contribution is 5.57. The van der Waals surface area contributed by atoms with E-state index in [4.69, 9.17) is 0 Å². The Balaban J connectivity index is 1.71. The monoisotopic (exact) mass is 284 g/mol. The average Bonchev–Trinajstić information content (AvgIpc) is 2.51. The van der Waals surface area contributed by atoms with Gasteiger partial charge in [-0.2, -0.15) is 5.10 Å². The number of hydrogen-bond donors (Lipinski definition) is 1. The summed E-state index contributed by atoms with van der Waals surface area (Å²) in [5.74, 6) is 0.843. The van der Waals surface area contributed by atoms with Crippen LogP contribution in [0.4, 0.5) is 11.5 Å². The van der Waals surface area contributed by atoms with E-state index < -0.39 is 0 Å². The lowest BCUT2D eigenvalue weighted by Gasteiger charge is -2.37. The van der Waals surface area contributed by atoms with Crippen molar-refractivity contribution in [2.75, 3.05) is 36.0 Å². The Bertz CT molecular complexity index is 666. The maximum Gasteiger partial charge on any atom is 0.264 e. The van der Waals surface area contributed by atoms with Gasteiger partial charge in [-0.05, 0) is 37.1 Å². The summed E-state index contributed by atoms with van der Waals surface area (Å²) in [6.07, 6.45) is 0. The summed E-state index contributed by atoms with van der Waals surface area (Å²) in [6, 6.07) is 9.77. The number of anilines is 2. The molecule has 2 heterocycles. The Morgan fingerprint density at radius 3 is 2.38 bits per heavy atom. The van der Waals surface area contributed by atoms with Gasteiger partial charge in [0.2, 0.25) is 0 Å². The molecule has 110 valence electrons. The van der Waals surface area contributed by atoms with Crippen molar-refractivity contribution in [3.8, 4) is 0 Å². The predicted molar refractivity (Wildman–Crippen MR) is 85.2 cm³/mol. The molecule has 3 rings (SSSR count). The molecule has 0 unspecified atom stereocenters. The van der Waals surface area contributed by atoms with Crippen LogP contribution in [-0.4, -0.2) is 36.4 Å². The van der Waals surface area contributed by atoms with Crippen molar-refractivity contribution in [1.29, 1.82) is 0 Å². The van der Waals surface area contributed by atoms with Crippen LogP contribution >= 0.6 is 0 Å². The zero-order valence-corrected chi connectivity index (χ0v) is 12.5. The van der Waals surface area contributed by atoms with Crippen molar-refractivity contribution in [2.45, 2.75) is 13.8 Å². The van der Waals surface area contributed by atoms with Gasteiger partial charge in [-0.15, -0.1) is 0 Å². The third-order valence-electron chi connectivity index (χ3n) is 4.18. The fourth-order valence-corrected chi connectivity index (χ4v) is 2.77. The van der Waals surface area contributed by atoms with Gasteiger partial charge in [-0.1, -0.05) is 12.1 Å². The summed E-state index contributed by atoms with van der Waals surface area (Å²) in [5, 5.41) is 6.60. The second-order valence-electron chi connectivity index (χ2n) is 5.47. The minimum atomic E-state index is -0.159. The van der Waals surface area contributed by atoms with E-state index in [1.54, 1.807) is 6.07 Å². The van der Waals surface area contributed by atoms with Gasteiger partial charge in [0.05, 0.1) is 0 Å². The maximum absolute atomic E-state index is 11.1. The summed E-state index contributed by atoms with van der Waals surface area (Å²) >= 11 is 0. The molecule has 1 aromatic carbocycles. The number of aromatic amines is 1. The van der Waals surface area contributed by atoms with E-state index in [0.717, 1.165) is 32.0 Å². The van der Waals surface area contributed by atoms with Crippen molar-refractivity contribution < 1.29 is 0 Å². The Kier molecular flexibility index (Phi) is 3.64. The number of rotatable bonds is 2. The molecule has 2 aromatic rings. The molecule has 1 fully saturated rings. The van der Waals surface area contributed by atoms with E-state index in [-0.39, 0.29) is 5.56 Å². The van der Waals surface area contributed by atoms with Crippen LogP contribution in [0.15, 0.2) is 35.1 Å². The van der Waals surface area contributed by atoms with Crippen LogP contribution in [0, 0.1) is 13.8 Å². The summed E-state index contributed by atoms with van der Waals surface area (Å²) < 4.78 is 0. The summed E-state index contributed by atoms with van der Waals surface area (Å²) in [4.78, 5) is 15.7. The van der Waals surface area contributed by atoms with E-state index in [1.165, 1.54) is 22.9 Å². The summed E-state index contributed by atoms with van der Waals surface area (Å²) in [6.45, 7) is 8.08. The second kappa shape index (κ2) is 5.60. The Hall–Kier alpha value is -2.30. The summed E-state index contributed by atoms with van der Waals surface area (Å²) in [5.41, 5.74) is 3.85. The number of aryl methyl sites for hydroxylation is 1. The number of piperazine rings is 1. The molecule has 0 spiro atoms. The van der Waals surface area contributed by atoms with Crippen molar-refractivity contribution >= 4 is 11.5 Å². The first-order chi connectivity index (χ1) is 10.1. The normalized spacial score (nSPS) is 15.3. The number of nitrogens with zero attached hydrogens (tertiary/aromatic N) is 3. The molecule has 0 radical (unpaired) electrons. The second-order valence-corrected chi connectivity index (χ2v) is 5.47.